The molecule has 0 bridgehead atoms. The van der Waals surface area contributed by atoms with Gasteiger partial charge in [0, 0.05) is 11.6 Å². The monoisotopic (exact) mass is 454 g/mol. The molecule has 0 aliphatic heterocycles. The summed E-state index contributed by atoms with van der Waals surface area (Å²) in [6.07, 6.45) is 4.15. The zero-order chi connectivity index (χ0) is 23.0. The third-order valence-corrected chi connectivity index (χ3v) is 5.59. The number of carbonyl (C=O) groups is 3. The van der Waals surface area contributed by atoms with Gasteiger partial charge in [-0.15, -0.1) is 0 Å². The van der Waals surface area contributed by atoms with E-state index in [2.05, 4.69) is 10.6 Å². The van der Waals surface area contributed by atoms with E-state index in [4.69, 9.17) is 21.5 Å². The first-order valence-electron chi connectivity index (χ1n) is 10.4. The first kappa shape index (κ1) is 24.7. The van der Waals surface area contributed by atoms with Gasteiger partial charge in [0.2, 0.25) is 5.91 Å². The molecule has 0 saturated heterocycles. The third-order valence-electron chi connectivity index (χ3n) is 5.35. The minimum atomic E-state index is -0.863. The van der Waals surface area contributed by atoms with Crippen LogP contribution in [0.3, 0.4) is 0 Å². The lowest BCUT2D eigenvalue weighted by molar-refractivity contribution is -0.141. The van der Waals surface area contributed by atoms with Gasteiger partial charge in [0.25, 0.3) is 5.91 Å². The molecule has 0 heterocycles. The van der Waals surface area contributed by atoms with Crippen molar-refractivity contribution in [1.29, 1.82) is 0 Å². The molecule has 9 nitrogen and oxygen atoms in total. The van der Waals surface area contributed by atoms with Gasteiger partial charge in [-0.3, -0.25) is 14.8 Å². The van der Waals surface area contributed by atoms with Gasteiger partial charge in [-0.2, -0.15) is 0 Å². The predicted octanol–water partition coefficient (Wildman–Crippen LogP) is 3.02. The maximum absolute atomic E-state index is 13.3. The molecule has 1 saturated carbocycles. The van der Waals surface area contributed by atoms with E-state index in [1.165, 1.54) is 12.0 Å². The van der Waals surface area contributed by atoms with Gasteiger partial charge >= 0.3 is 6.03 Å². The van der Waals surface area contributed by atoms with Crippen LogP contribution in [0, 0.1) is 11.8 Å². The molecular formula is C21H31ClN4O5. The molecule has 1 aliphatic carbocycles. The van der Waals surface area contributed by atoms with Gasteiger partial charge in [-0.25, -0.2) is 10.3 Å². The molecule has 4 N–H and O–H groups in total. The number of hydrogen-bond donors (Lipinski definition) is 4. The summed E-state index contributed by atoms with van der Waals surface area (Å²) in [5.74, 6) is -0.564. The molecule has 4 amide bonds. The Bertz CT molecular complexity index is 783. The van der Waals surface area contributed by atoms with Crippen LogP contribution in [0.15, 0.2) is 18.2 Å². The molecule has 172 valence electrons. The number of hydrogen-bond acceptors (Lipinski definition) is 5. The van der Waals surface area contributed by atoms with Crippen LogP contribution in [0.25, 0.3) is 0 Å². The Labute approximate surface area is 187 Å². The number of amides is 4. The number of carbonyl (C=O) groups excluding carboxylic acids is 3. The summed E-state index contributed by atoms with van der Waals surface area (Å²) in [6.45, 7) is 3.74. The maximum atomic E-state index is 13.3. The van der Waals surface area contributed by atoms with Crippen molar-refractivity contribution in [2.24, 2.45) is 11.8 Å². The van der Waals surface area contributed by atoms with Crippen LogP contribution < -0.4 is 20.9 Å². The fourth-order valence-corrected chi connectivity index (χ4v) is 3.91. The lowest BCUT2D eigenvalue weighted by Gasteiger charge is -2.31. The van der Waals surface area contributed by atoms with Crippen molar-refractivity contribution in [1.82, 2.24) is 15.7 Å². The summed E-state index contributed by atoms with van der Waals surface area (Å²) in [5.41, 5.74) is 1.94. The highest BCUT2D eigenvalue weighted by Crippen LogP contribution is 2.28. The number of benzene rings is 1. The van der Waals surface area contributed by atoms with Gasteiger partial charge in [0.15, 0.2) is 0 Å². The SMILES string of the molecule is COc1ccc(Cl)cc1NC(=O)NC(C(=O)N(CC(=O)NO)CC1CCCC1)C(C)C. The molecule has 2 rings (SSSR count). The van der Waals surface area contributed by atoms with E-state index >= 15 is 0 Å². The molecule has 1 aliphatic rings. The van der Waals surface area contributed by atoms with Crippen molar-refractivity contribution in [3.63, 3.8) is 0 Å². The Hall–Kier alpha value is -2.52. The topological polar surface area (TPSA) is 120 Å². The lowest BCUT2D eigenvalue weighted by atomic mass is 10.0. The predicted molar refractivity (Wildman–Crippen MR) is 117 cm³/mol. The fraction of sp³-hybridized carbons (Fsp3) is 0.571. The summed E-state index contributed by atoms with van der Waals surface area (Å²) in [7, 11) is 1.47. The zero-order valence-corrected chi connectivity index (χ0v) is 18.9. The van der Waals surface area contributed by atoms with Crippen molar-refractivity contribution in [3.05, 3.63) is 23.2 Å². The average molecular weight is 455 g/mol. The van der Waals surface area contributed by atoms with Crippen LogP contribution in [-0.2, 0) is 9.59 Å². The van der Waals surface area contributed by atoms with Crippen molar-refractivity contribution in [2.45, 2.75) is 45.6 Å². The van der Waals surface area contributed by atoms with Crippen molar-refractivity contribution < 1.29 is 24.3 Å². The number of nitrogens with one attached hydrogen (secondary N) is 3. The number of nitrogens with zero attached hydrogens (tertiary/aromatic N) is 1. The molecule has 1 unspecified atom stereocenters. The second-order valence-corrected chi connectivity index (χ2v) is 8.51. The molecule has 1 aromatic carbocycles. The quantitative estimate of drug-likeness (QED) is 0.337. The number of rotatable bonds is 9. The summed E-state index contributed by atoms with van der Waals surface area (Å²) in [4.78, 5) is 39.1. The molecular weight excluding hydrogens is 424 g/mol. The Balaban J connectivity index is 2.13. The van der Waals surface area contributed by atoms with E-state index in [-0.39, 0.29) is 18.4 Å². The van der Waals surface area contributed by atoms with Crippen LogP contribution in [0.1, 0.15) is 39.5 Å². The second kappa shape index (κ2) is 11.8. The molecule has 0 aromatic heterocycles. The Morgan fingerprint density at radius 2 is 1.94 bits per heavy atom. The standard InChI is InChI=1S/C21H31ClN4O5/c1-13(2)19(24-21(29)23-16-10-15(22)8-9-17(16)31-3)20(28)26(12-18(27)25-30)11-14-6-4-5-7-14/h8-10,13-14,19,30H,4-7,11-12H2,1-3H3,(H,25,27)(H2,23,24,29). The molecule has 1 atom stereocenters. The minimum Gasteiger partial charge on any atom is -0.495 e. The summed E-state index contributed by atoms with van der Waals surface area (Å²) < 4.78 is 5.23. The van der Waals surface area contributed by atoms with Crippen LogP contribution in [0.5, 0.6) is 5.75 Å². The molecule has 10 heteroatoms. The van der Waals surface area contributed by atoms with E-state index in [0.717, 1.165) is 25.7 Å². The lowest BCUT2D eigenvalue weighted by Crippen LogP contribution is -2.54. The van der Waals surface area contributed by atoms with E-state index in [9.17, 15) is 14.4 Å². The smallest absolute Gasteiger partial charge is 0.320 e. The number of methoxy groups -OCH3 is 1. The highest BCUT2D eigenvalue weighted by Gasteiger charge is 2.32. The summed E-state index contributed by atoms with van der Waals surface area (Å²) >= 11 is 6.00. The fourth-order valence-electron chi connectivity index (χ4n) is 3.73. The number of ether oxygens (including phenoxy) is 1. The van der Waals surface area contributed by atoms with E-state index < -0.39 is 18.0 Å². The maximum Gasteiger partial charge on any atom is 0.320 e. The van der Waals surface area contributed by atoms with Crippen LogP contribution >= 0.6 is 11.6 Å². The normalized spacial score (nSPS) is 14.8. The average Bonchev–Trinajstić information content (AvgIpc) is 3.24. The first-order chi connectivity index (χ1) is 14.7. The van der Waals surface area contributed by atoms with Gasteiger partial charge in [0.05, 0.1) is 12.8 Å². The Morgan fingerprint density at radius 1 is 1.26 bits per heavy atom. The minimum absolute atomic E-state index is 0.234. The van der Waals surface area contributed by atoms with E-state index in [1.807, 2.05) is 13.8 Å². The number of halogens is 1. The summed E-state index contributed by atoms with van der Waals surface area (Å²) in [6, 6.07) is 3.35. The molecule has 0 radical (unpaired) electrons. The van der Waals surface area contributed by atoms with Gasteiger partial charge < -0.3 is 20.3 Å². The van der Waals surface area contributed by atoms with Gasteiger partial charge in [-0.1, -0.05) is 38.3 Å². The number of anilines is 1. The first-order valence-corrected chi connectivity index (χ1v) is 10.8. The van der Waals surface area contributed by atoms with Crippen LogP contribution in [0.2, 0.25) is 5.02 Å². The highest BCUT2D eigenvalue weighted by molar-refractivity contribution is 6.31. The van der Waals surface area contributed by atoms with Gasteiger partial charge in [-0.05, 0) is 42.9 Å². The van der Waals surface area contributed by atoms with Gasteiger partial charge in [0.1, 0.15) is 18.3 Å². The van der Waals surface area contributed by atoms with Crippen LogP contribution in [-0.4, -0.2) is 54.2 Å². The Kier molecular flexibility index (Phi) is 9.39. The molecule has 1 aromatic rings. The van der Waals surface area contributed by atoms with Crippen molar-refractivity contribution >= 4 is 35.1 Å². The zero-order valence-electron chi connectivity index (χ0n) is 18.1. The third kappa shape index (κ3) is 7.29. The number of urea groups is 1. The Morgan fingerprint density at radius 3 is 2.52 bits per heavy atom. The van der Waals surface area contributed by atoms with Crippen molar-refractivity contribution in [2.75, 3.05) is 25.5 Å². The van der Waals surface area contributed by atoms with E-state index in [1.54, 1.807) is 23.7 Å². The molecule has 1 fully saturated rings. The molecule has 0 spiro atoms. The van der Waals surface area contributed by atoms with Crippen LogP contribution in [0.4, 0.5) is 10.5 Å². The number of hydroxylamine groups is 1. The summed E-state index contributed by atoms with van der Waals surface area (Å²) in [5, 5.41) is 14.7. The molecule has 31 heavy (non-hydrogen) atoms. The largest absolute Gasteiger partial charge is 0.495 e. The van der Waals surface area contributed by atoms with E-state index in [0.29, 0.717) is 28.9 Å². The van der Waals surface area contributed by atoms with Crippen molar-refractivity contribution in [3.8, 4) is 5.75 Å². The highest BCUT2D eigenvalue weighted by atomic mass is 35.5. The second-order valence-electron chi connectivity index (χ2n) is 8.07.